The molecule has 0 aliphatic heterocycles. The summed E-state index contributed by atoms with van der Waals surface area (Å²) >= 11 is 13.3. The first kappa shape index (κ1) is 12.4. The first-order valence-corrected chi connectivity index (χ1v) is 6.51. The van der Waals surface area contributed by atoms with E-state index in [-0.39, 0.29) is 5.78 Å². The molecule has 0 bridgehead atoms. The van der Waals surface area contributed by atoms with Crippen LogP contribution in [0.15, 0.2) is 41.8 Å². The van der Waals surface area contributed by atoms with E-state index in [2.05, 4.69) is 0 Å². The summed E-state index contributed by atoms with van der Waals surface area (Å²) in [5, 5.41) is 2.87. The summed E-state index contributed by atoms with van der Waals surface area (Å²) in [6, 6.07) is 8.72. The van der Waals surface area contributed by atoms with Crippen LogP contribution in [0.25, 0.3) is 6.08 Å². The molecule has 0 saturated carbocycles. The van der Waals surface area contributed by atoms with E-state index >= 15 is 0 Å². The summed E-state index contributed by atoms with van der Waals surface area (Å²) in [5.41, 5.74) is 0.423. The molecule has 0 spiro atoms. The molecule has 0 atom stereocenters. The number of benzene rings is 1. The van der Waals surface area contributed by atoms with Gasteiger partial charge in [0, 0.05) is 15.5 Å². The quantitative estimate of drug-likeness (QED) is 0.575. The molecule has 0 N–H and O–H groups in total. The van der Waals surface area contributed by atoms with Crippen molar-refractivity contribution in [3.8, 4) is 0 Å². The SMILES string of the molecule is O=C(C=Cc1cccs1)c1cc(Cl)ccc1Cl. The van der Waals surface area contributed by atoms with Gasteiger partial charge in [0.15, 0.2) is 5.78 Å². The van der Waals surface area contributed by atoms with E-state index in [9.17, 15) is 4.79 Å². The van der Waals surface area contributed by atoms with Crippen LogP contribution in [0.3, 0.4) is 0 Å². The molecule has 0 fully saturated rings. The zero-order chi connectivity index (χ0) is 12.3. The fourth-order valence-corrected chi connectivity index (χ4v) is 2.32. The first-order valence-electron chi connectivity index (χ1n) is 4.88. The predicted molar refractivity (Wildman–Crippen MR) is 74.1 cm³/mol. The maximum Gasteiger partial charge on any atom is 0.187 e. The van der Waals surface area contributed by atoms with Gasteiger partial charge in [0.25, 0.3) is 0 Å². The largest absolute Gasteiger partial charge is 0.289 e. The monoisotopic (exact) mass is 282 g/mol. The summed E-state index contributed by atoms with van der Waals surface area (Å²) in [5.74, 6) is -0.147. The Hall–Kier alpha value is -1.09. The van der Waals surface area contributed by atoms with Crippen LogP contribution >= 0.6 is 34.5 Å². The van der Waals surface area contributed by atoms with Gasteiger partial charge in [-0.05, 0) is 41.8 Å². The van der Waals surface area contributed by atoms with Crippen LogP contribution in [-0.4, -0.2) is 5.78 Å². The van der Waals surface area contributed by atoms with Gasteiger partial charge in [-0.1, -0.05) is 29.3 Å². The Morgan fingerprint density at radius 2 is 2.06 bits per heavy atom. The van der Waals surface area contributed by atoms with E-state index in [1.165, 1.54) is 6.08 Å². The minimum atomic E-state index is -0.147. The Bertz CT molecular complexity index is 559. The van der Waals surface area contributed by atoms with Crippen molar-refractivity contribution in [2.24, 2.45) is 0 Å². The highest BCUT2D eigenvalue weighted by molar-refractivity contribution is 7.10. The number of thiophene rings is 1. The second-order valence-electron chi connectivity index (χ2n) is 3.34. The third kappa shape index (κ3) is 3.19. The molecule has 0 radical (unpaired) electrons. The van der Waals surface area contributed by atoms with E-state index in [0.717, 1.165) is 4.88 Å². The molecule has 86 valence electrons. The number of rotatable bonds is 3. The molecule has 1 aromatic heterocycles. The Balaban J connectivity index is 2.23. The molecule has 0 aliphatic rings. The van der Waals surface area contributed by atoms with Crippen molar-refractivity contribution in [2.75, 3.05) is 0 Å². The Kier molecular flexibility index (Phi) is 4.00. The molecule has 0 aliphatic carbocycles. The summed E-state index contributed by atoms with van der Waals surface area (Å²) in [7, 11) is 0. The molecule has 2 aromatic rings. The lowest BCUT2D eigenvalue weighted by Crippen LogP contribution is -1.95. The van der Waals surface area contributed by atoms with Crippen molar-refractivity contribution in [2.45, 2.75) is 0 Å². The third-order valence-electron chi connectivity index (χ3n) is 2.14. The molecular formula is C13H8Cl2OS. The number of allylic oxidation sites excluding steroid dienone is 1. The molecule has 2 rings (SSSR count). The molecule has 0 unspecified atom stereocenters. The molecule has 4 heteroatoms. The van der Waals surface area contributed by atoms with Crippen molar-refractivity contribution >= 4 is 46.4 Å². The molecular weight excluding hydrogens is 275 g/mol. The second-order valence-corrected chi connectivity index (χ2v) is 5.16. The number of ketones is 1. The zero-order valence-electron chi connectivity index (χ0n) is 8.69. The lowest BCUT2D eigenvalue weighted by atomic mass is 10.1. The molecule has 0 saturated heterocycles. The summed E-state index contributed by atoms with van der Waals surface area (Å²) in [6.45, 7) is 0. The minimum Gasteiger partial charge on any atom is -0.289 e. The van der Waals surface area contributed by atoms with Crippen molar-refractivity contribution in [1.29, 1.82) is 0 Å². The van der Waals surface area contributed by atoms with E-state index in [1.54, 1.807) is 35.6 Å². The van der Waals surface area contributed by atoms with Crippen LogP contribution in [-0.2, 0) is 0 Å². The van der Waals surface area contributed by atoms with Gasteiger partial charge in [-0.2, -0.15) is 0 Å². The van der Waals surface area contributed by atoms with E-state index in [1.807, 2.05) is 17.5 Å². The molecule has 0 amide bonds. The van der Waals surface area contributed by atoms with Gasteiger partial charge in [0.1, 0.15) is 0 Å². The molecule has 1 aromatic carbocycles. The maximum atomic E-state index is 11.9. The third-order valence-corrected chi connectivity index (χ3v) is 3.54. The Morgan fingerprint density at radius 3 is 2.76 bits per heavy atom. The zero-order valence-corrected chi connectivity index (χ0v) is 11.0. The summed E-state index contributed by atoms with van der Waals surface area (Å²) in [4.78, 5) is 12.9. The lowest BCUT2D eigenvalue weighted by molar-refractivity contribution is 0.104. The van der Waals surface area contributed by atoms with Crippen LogP contribution in [0.1, 0.15) is 15.2 Å². The smallest absolute Gasteiger partial charge is 0.187 e. The van der Waals surface area contributed by atoms with Crippen LogP contribution in [0, 0.1) is 0 Å². The van der Waals surface area contributed by atoms with Crippen LogP contribution in [0.4, 0.5) is 0 Å². The van der Waals surface area contributed by atoms with Gasteiger partial charge in [-0.15, -0.1) is 11.3 Å². The van der Waals surface area contributed by atoms with Crippen molar-refractivity contribution in [3.05, 3.63) is 62.3 Å². The van der Waals surface area contributed by atoms with E-state index in [0.29, 0.717) is 15.6 Å². The van der Waals surface area contributed by atoms with Gasteiger partial charge in [-0.25, -0.2) is 0 Å². The van der Waals surface area contributed by atoms with Crippen molar-refractivity contribution < 1.29 is 4.79 Å². The topological polar surface area (TPSA) is 17.1 Å². The maximum absolute atomic E-state index is 11.9. The van der Waals surface area contributed by atoms with Gasteiger partial charge in [0.2, 0.25) is 0 Å². The average Bonchev–Trinajstić information content (AvgIpc) is 2.82. The number of hydrogen-bond donors (Lipinski definition) is 0. The van der Waals surface area contributed by atoms with Gasteiger partial charge >= 0.3 is 0 Å². The average molecular weight is 283 g/mol. The van der Waals surface area contributed by atoms with Crippen LogP contribution in [0.2, 0.25) is 10.0 Å². The summed E-state index contributed by atoms with van der Waals surface area (Å²) < 4.78 is 0. The van der Waals surface area contributed by atoms with Gasteiger partial charge in [-0.3, -0.25) is 4.79 Å². The fraction of sp³-hybridized carbons (Fsp3) is 0. The first-order chi connectivity index (χ1) is 8.16. The second kappa shape index (κ2) is 5.50. The molecule has 17 heavy (non-hydrogen) atoms. The fourth-order valence-electron chi connectivity index (χ4n) is 1.32. The van der Waals surface area contributed by atoms with Crippen molar-refractivity contribution in [1.82, 2.24) is 0 Å². The van der Waals surface area contributed by atoms with Crippen LogP contribution in [0.5, 0.6) is 0 Å². The predicted octanol–water partition coefficient (Wildman–Crippen LogP) is 4.95. The molecule has 1 nitrogen and oxygen atoms in total. The van der Waals surface area contributed by atoms with E-state index < -0.39 is 0 Å². The number of carbonyl (C=O) groups excluding carboxylic acids is 1. The highest BCUT2D eigenvalue weighted by Crippen LogP contribution is 2.22. The Morgan fingerprint density at radius 1 is 1.24 bits per heavy atom. The number of carbonyl (C=O) groups is 1. The van der Waals surface area contributed by atoms with E-state index in [4.69, 9.17) is 23.2 Å². The summed E-state index contributed by atoms with van der Waals surface area (Å²) in [6.07, 6.45) is 3.27. The van der Waals surface area contributed by atoms with Crippen molar-refractivity contribution in [3.63, 3.8) is 0 Å². The van der Waals surface area contributed by atoms with Crippen LogP contribution < -0.4 is 0 Å². The van der Waals surface area contributed by atoms with Gasteiger partial charge in [0.05, 0.1) is 5.02 Å². The number of halogens is 2. The highest BCUT2D eigenvalue weighted by Gasteiger charge is 2.07. The Labute approximate surface area is 113 Å². The lowest BCUT2D eigenvalue weighted by Gasteiger charge is -2.00. The highest BCUT2D eigenvalue weighted by atomic mass is 35.5. The minimum absolute atomic E-state index is 0.147. The normalized spacial score (nSPS) is 10.9. The number of hydrogen-bond acceptors (Lipinski definition) is 2. The van der Waals surface area contributed by atoms with Gasteiger partial charge < -0.3 is 0 Å². The molecule has 1 heterocycles. The standard InChI is InChI=1S/C13H8Cl2OS/c14-9-3-5-12(15)11(8-9)13(16)6-4-10-2-1-7-17-10/h1-8H.